The van der Waals surface area contributed by atoms with Crippen LogP contribution in [-0.2, 0) is 16.6 Å². The lowest BCUT2D eigenvalue weighted by molar-refractivity contribution is 0.0908. The molecule has 30 heavy (non-hydrogen) atoms. The minimum Gasteiger partial charge on any atom is -0.349 e. The molecule has 1 saturated heterocycles. The molecular weight excluding hydrogens is 398 g/mol. The van der Waals surface area contributed by atoms with E-state index in [0.717, 1.165) is 38.0 Å². The van der Waals surface area contributed by atoms with Crippen molar-refractivity contribution in [2.45, 2.75) is 51.1 Å². The van der Waals surface area contributed by atoms with Gasteiger partial charge in [-0.15, -0.1) is 0 Å². The molecule has 7 heteroatoms. The number of nitrogens with one attached hydrogen (secondary N) is 2. The lowest BCUT2D eigenvalue weighted by Crippen LogP contribution is -2.44. The van der Waals surface area contributed by atoms with E-state index >= 15 is 0 Å². The average molecular weight is 430 g/mol. The van der Waals surface area contributed by atoms with Gasteiger partial charge in [-0.05, 0) is 75.0 Å². The number of hydrogen-bond acceptors (Lipinski definition) is 4. The molecule has 0 radical (unpaired) electrons. The second-order valence-electron chi connectivity index (χ2n) is 8.07. The van der Waals surface area contributed by atoms with E-state index in [-0.39, 0.29) is 16.8 Å². The first kappa shape index (κ1) is 22.5. The van der Waals surface area contributed by atoms with E-state index in [1.165, 1.54) is 24.2 Å². The third-order valence-electron chi connectivity index (χ3n) is 6.02. The second-order valence-corrected chi connectivity index (χ2v) is 9.93. The van der Waals surface area contributed by atoms with Crippen molar-refractivity contribution < 1.29 is 13.2 Å². The Hall–Kier alpha value is -2.22. The minimum atomic E-state index is -3.62. The molecule has 2 aromatic rings. The number of sulfonamides is 1. The maximum absolute atomic E-state index is 12.8. The smallest absolute Gasteiger partial charge is 0.251 e. The van der Waals surface area contributed by atoms with Crippen molar-refractivity contribution in [3.8, 4) is 0 Å². The van der Waals surface area contributed by atoms with Crippen molar-refractivity contribution in [3.63, 3.8) is 0 Å². The largest absolute Gasteiger partial charge is 0.349 e. The normalized spacial score (nSPS) is 15.9. The van der Waals surface area contributed by atoms with Crippen LogP contribution in [0.1, 0.15) is 45.5 Å². The van der Waals surface area contributed by atoms with Gasteiger partial charge in [0.05, 0.1) is 4.90 Å². The Morgan fingerprint density at radius 1 is 1.07 bits per heavy atom. The van der Waals surface area contributed by atoms with E-state index in [2.05, 4.69) is 46.1 Å². The highest BCUT2D eigenvalue weighted by Crippen LogP contribution is 2.22. The van der Waals surface area contributed by atoms with Gasteiger partial charge in [-0.3, -0.25) is 9.69 Å². The summed E-state index contributed by atoms with van der Waals surface area (Å²) in [6, 6.07) is 11.7. The van der Waals surface area contributed by atoms with Crippen molar-refractivity contribution in [3.05, 3.63) is 64.2 Å². The zero-order valence-electron chi connectivity index (χ0n) is 18.2. The molecule has 162 valence electrons. The van der Waals surface area contributed by atoms with E-state index < -0.39 is 10.0 Å². The van der Waals surface area contributed by atoms with E-state index in [1.807, 2.05) is 6.92 Å². The zero-order valence-corrected chi connectivity index (χ0v) is 19.0. The summed E-state index contributed by atoms with van der Waals surface area (Å²) in [6.07, 6.45) is 1.76. The molecule has 0 spiro atoms. The van der Waals surface area contributed by atoms with Crippen LogP contribution in [-0.4, -0.2) is 45.4 Å². The van der Waals surface area contributed by atoms with Gasteiger partial charge in [-0.1, -0.05) is 24.3 Å². The Morgan fingerprint density at radius 2 is 1.73 bits per heavy atom. The maximum atomic E-state index is 12.8. The number of aryl methyl sites for hydroxylation is 2. The van der Waals surface area contributed by atoms with E-state index in [9.17, 15) is 13.2 Å². The number of piperidine rings is 1. The summed E-state index contributed by atoms with van der Waals surface area (Å²) < 4.78 is 26.9. The summed E-state index contributed by atoms with van der Waals surface area (Å²) in [5.41, 5.74) is 4.47. The molecule has 0 aliphatic carbocycles. The molecule has 2 N–H and O–H groups in total. The zero-order chi connectivity index (χ0) is 21.9. The third-order valence-corrected chi connectivity index (χ3v) is 7.56. The minimum absolute atomic E-state index is 0.0941. The third kappa shape index (κ3) is 5.09. The van der Waals surface area contributed by atoms with Crippen molar-refractivity contribution in [1.82, 2.24) is 14.9 Å². The van der Waals surface area contributed by atoms with Gasteiger partial charge in [0.15, 0.2) is 0 Å². The highest BCUT2D eigenvalue weighted by molar-refractivity contribution is 7.89. The number of nitrogens with zero attached hydrogens (tertiary/aromatic N) is 1. The molecule has 0 aromatic heterocycles. The van der Waals surface area contributed by atoms with Gasteiger partial charge >= 0.3 is 0 Å². The molecule has 6 nitrogen and oxygen atoms in total. The molecule has 1 fully saturated rings. The first-order valence-electron chi connectivity index (χ1n) is 10.3. The fourth-order valence-corrected chi connectivity index (χ4v) is 4.95. The Balaban J connectivity index is 1.63. The number of likely N-dealkylation sites (tertiary alicyclic amines) is 1. The first-order chi connectivity index (χ1) is 14.2. The second kappa shape index (κ2) is 9.29. The number of carbonyl (C=O) groups excluding carboxylic acids is 1. The number of benzene rings is 2. The van der Waals surface area contributed by atoms with Crippen molar-refractivity contribution >= 4 is 15.9 Å². The molecule has 2 aromatic carbocycles. The topological polar surface area (TPSA) is 78.5 Å². The molecular formula is C23H31N3O3S. The summed E-state index contributed by atoms with van der Waals surface area (Å²) in [5, 5.41) is 3.09. The van der Waals surface area contributed by atoms with Crippen LogP contribution >= 0.6 is 0 Å². The SMILES string of the molecule is CNS(=O)(=O)c1cc(C(=O)NC2CCN(Cc3ccccc3C)CC2)cc(C)c1C. The monoisotopic (exact) mass is 429 g/mol. The standard InChI is InChI=1S/C23H31N3O3S/c1-16-7-5-6-8-19(16)15-26-11-9-21(10-12-26)25-23(27)20-13-17(2)18(3)22(14-20)30(28,29)24-4/h5-8,13-14,21,24H,9-12,15H2,1-4H3,(H,25,27). The lowest BCUT2D eigenvalue weighted by Gasteiger charge is -2.32. The molecule has 1 amide bonds. The van der Waals surface area contributed by atoms with Crippen LogP contribution in [0.25, 0.3) is 0 Å². The van der Waals surface area contributed by atoms with Crippen molar-refractivity contribution in [2.75, 3.05) is 20.1 Å². The van der Waals surface area contributed by atoms with Gasteiger partial charge in [0.25, 0.3) is 5.91 Å². The number of rotatable bonds is 6. The molecule has 0 unspecified atom stereocenters. The summed E-state index contributed by atoms with van der Waals surface area (Å²) >= 11 is 0. The summed E-state index contributed by atoms with van der Waals surface area (Å²) in [6.45, 7) is 8.48. The van der Waals surface area contributed by atoms with Crippen LogP contribution in [0.5, 0.6) is 0 Å². The summed E-state index contributed by atoms with van der Waals surface area (Å²) in [7, 11) is -2.24. The van der Waals surface area contributed by atoms with Gasteiger partial charge < -0.3 is 5.32 Å². The van der Waals surface area contributed by atoms with Gasteiger partial charge in [-0.25, -0.2) is 13.1 Å². The van der Waals surface area contributed by atoms with Crippen LogP contribution in [0.3, 0.4) is 0 Å². The average Bonchev–Trinajstić information content (AvgIpc) is 2.72. The molecule has 1 aliphatic heterocycles. The van der Waals surface area contributed by atoms with E-state index in [0.29, 0.717) is 11.1 Å². The van der Waals surface area contributed by atoms with Crippen LogP contribution < -0.4 is 10.0 Å². The highest BCUT2D eigenvalue weighted by Gasteiger charge is 2.23. The Kier molecular flexibility index (Phi) is 6.95. The van der Waals surface area contributed by atoms with Gasteiger partial charge in [0.2, 0.25) is 10.0 Å². The summed E-state index contributed by atoms with van der Waals surface area (Å²) in [5.74, 6) is -0.219. The van der Waals surface area contributed by atoms with Crippen LogP contribution in [0.15, 0.2) is 41.3 Å². The van der Waals surface area contributed by atoms with Crippen LogP contribution in [0, 0.1) is 20.8 Å². The number of carbonyl (C=O) groups is 1. The van der Waals surface area contributed by atoms with Crippen molar-refractivity contribution in [2.24, 2.45) is 0 Å². The van der Waals surface area contributed by atoms with E-state index in [4.69, 9.17) is 0 Å². The van der Waals surface area contributed by atoms with Gasteiger partial charge in [0.1, 0.15) is 0 Å². The number of hydrogen-bond donors (Lipinski definition) is 2. The van der Waals surface area contributed by atoms with Gasteiger partial charge in [-0.2, -0.15) is 0 Å². The fraction of sp³-hybridized carbons (Fsp3) is 0.435. The molecule has 0 atom stereocenters. The first-order valence-corrected chi connectivity index (χ1v) is 11.8. The van der Waals surface area contributed by atoms with Gasteiger partial charge in [0, 0.05) is 31.2 Å². The van der Waals surface area contributed by atoms with Crippen LogP contribution in [0.2, 0.25) is 0 Å². The predicted molar refractivity (Wildman–Crippen MR) is 119 cm³/mol. The quantitative estimate of drug-likeness (QED) is 0.740. The molecule has 0 saturated carbocycles. The van der Waals surface area contributed by atoms with Crippen LogP contribution in [0.4, 0.5) is 0 Å². The molecule has 0 bridgehead atoms. The lowest BCUT2D eigenvalue weighted by atomic mass is 10.0. The van der Waals surface area contributed by atoms with Crippen molar-refractivity contribution in [1.29, 1.82) is 0 Å². The molecule has 3 rings (SSSR count). The Morgan fingerprint density at radius 3 is 2.37 bits per heavy atom. The molecule has 1 aliphatic rings. The summed E-state index contributed by atoms with van der Waals surface area (Å²) in [4.78, 5) is 15.4. The highest BCUT2D eigenvalue weighted by atomic mass is 32.2. The predicted octanol–water partition coefficient (Wildman–Crippen LogP) is 2.91. The molecule has 1 heterocycles. The fourth-order valence-electron chi connectivity index (χ4n) is 3.88. The Bertz CT molecular complexity index is 1030. The van der Waals surface area contributed by atoms with E-state index in [1.54, 1.807) is 13.0 Å². The number of amides is 1. The Labute approximate surface area is 179 Å². The maximum Gasteiger partial charge on any atom is 0.251 e.